The van der Waals surface area contributed by atoms with E-state index in [4.69, 9.17) is 10.3 Å². The van der Waals surface area contributed by atoms with Crippen molar-refractivity contribution < 1.29 is 8.91 Å². The van der Waals surface area contributed by atoms with Crippen LogP contribution in [0.3, 0.4) is 0 Å². The average molecular weight is 289 g/mol. The SMILES string of the molecule is Cc1ccc(-c2noc(C3(N)CCCC(C)C3)n2)cc1F. The van der Waals surface area contributed by atoms with Crippen LogP contribution in [0.5, 0.6) is 0 Å². The molecular formula is C16H20FN3O. The first-order valence-electron chi connectivity index (χ1n) is 7.37. The molecule has 1 aliphatic carbocycles. The summed E-state index contributed by atoms with van der Waals surface area (Å²) in [5, 5.41) is 3.97. The van der Waals surface area contributed by atoms with Crippen LogP contribution in [0.2, 0.25) is 0 Å². The quantitative estimate of drug-likeness (QED) is 0.918. The molecule has 3 rings (SSSR count). The van der Waals surface area contributed by atoms with Gasteiger partial charge in [-0.2, -0.15) is 4.98 Å². The van der Waals surface area contributed by atoms with Gasteiger partial charge in [0.1, 0.15) is 5.82 Å². The molecule has 21 heavy (non-hydrogen) atoms. The van der Waals surface area contributed by atoms with Gasteiger partial charge in [0.2, 0.25) is 11.7 Å². The Morgan fingerprint density at radius 1 is 1.43 bits per heavy atom. The van der Waals surface area contributed by atoms with Gasteiger partial charge in [-0.05, 0) is 37.3 Å². The van der Waals surface area contributed by atoms with Crippen molar-refractivity contribution in [3.8, 4) is 11.4 Å². The summed E-state index contributed by atoms with van der Waals surface area (Å²) >= 11 is 0. The molecule has 1 fully saturated rings. The van der Waals surface area contributed by atoms with Gasteiger partial charge in [-0.15, -0.1) is 0 Å². The lowest BCUT2D eigenvalue weighted by Crippen LogP contribution is -2.41. The van der Waals surface area contributed by atoms with E-state index in [1.54, 1.807) is 19.1 Å². The highest BCUT2D eigenvalue weighted by Gasteiger charge is 2.37. The third kappa shape index (κ3) is 2.70. The molecule has 4 nitrogen and oxygen atoms in total. The molecule has 0 saturated heterocycles. The molecule has 1 aromatic heterocycles. The number of aryl methyl sites for hydroxylation is 1. The lowest BCUT2D eigenvalue weighted by atomic mass is 9.77. The van der Waals surface area contributed by atoms with Crippen molar-refractivity contribution in [1.82, 2.24) is 10.1 Å². The predicted octanol–water partition coefficient (Wildman–Crippen LogP) is 3.55. The highest BCUT2D eigenvalue weighted by atomic mass is 19.1. The van der Waals surface area contributed by atoms with Crippen LogP contribution in [-0.2, 0) is 5.54 Å². The maximum absolute atomic E-state index is 13.6. The van der Waals surface area contributed by atoms with Crippen molar-refractivity contribution in [3.05, 3.63) is 35.5 Å². The largest absolute Gasteiger partial charge is 0.337 e. The molecule has 2 unspecified atom stereocenters. The second kappa shape index (κ2) is 5.22. The molecule has 1 aliphatic rings. The molecule has 5 heteroatoms. The van der Waals surface area contributed by atoms with E-state index in [0.29, 0.717) is 28.8 Å². The number of rotatable bonds is 2. The molecule has 2 atom stereocenters. The molecule has 2 aromatic rings. The molecule has 1 saturated carbocycles. The Morgan fingerprint density at radius 2 is 2.24 bits per heavy atom. The zero-order valence-corrected chi connectivity index (χ0v) is 12.4. The number of benzene rings is 1. The number of hydrogen-bond acceptors (Lipinski definition) is 4. The Labute approximate surface area is 123 Å². The summed E-state index contributed by atoms with van der Waals surface area (Å²) in [7, 11) is 0. The van der Waals surface area contributed by atoms with Crippen LogP contribution in [0.1, 0.15) is 44.1 Å². The lowest BCUT2D eigenvalue weighted by molar-refractivity contribution is 0.183. The number of hydrogen-bond donors (Lipinski definition) is 1. The highest BCUT2D eigenvalue weighted by Crippen LogP contribution is 2.37. The summed E-state index contributed by atoms with van der Waals surface area (Å²) in [4.78, 5) is 4.41. The lowest BCUT2D eigenvalue weighted by Gasteiger charge is -2.33. The van der Waals surface area contributed by atoms with Gasteiger partial charge in [-0.3, -0.25) is 0 Å². The van der Waals surface area contributed by atoms with Crippen molar-refractivity contribution in [2.75, 3.05) is 0 Å². The molecule has 0 spiro atoms. The minimum Gasteiger partial charge on any atom is -0.337 e. The number of halogens is 1. The van der Waals surface area contributed by atoms with Crippen molar-refractivity contribution in [1.29, 1.82) is 0 Å². The molecule has 2 N–H and O–H groups in total. The molecule has 0 radical (unpaired) electrons. The van der Waals surface area contributed by atoms with Crippen LogP contribution in [0.4, 0.5) is 4.39 Å². The van der Waals surface area contributed by atoms with E-state index in [1.165, 1.54) is 12.5 Å². The van der Waals surface area contributed by atoms with Crippen molar-refractivity contribution in [2.45, 2.75) is 45.1 Å². The van der Waals surface area contributed by atoms with Gasteiger partial charge in [-0.25, -0.2) is 4.39 Å². The zero-order valence-electron chi connectivity index (χ0n) is 12.4. The van der Waals surface area contributed by atoms with Gasteiger partial charge >= 0.3 is 0 Å². The normalized spacial score (nSPS) is 26.0. The maximum atomic E-state index is 13.6. The molecule has 0 aliphatic heterocycles. The fourth-order valence-corrected chi connectivity index (χ4v) is 3.06. The smallest absolute Gasteiger partial charge is 0.247 e. The van der Waals surface area contributed by atoms with Crippen LogP contribution in [0.25, 0.3) is 11.4 Å². The Morgan fingerprint density at radius 3 is 2.95 bits per heavy atom. The molecule has 0 amide bonds. The Kier molecular flexibility index (Phi) is 3.53. The van der Waals surface area contributed by atoms with E-state index in [2.05, 4.69) is 17.1 Å². The maximum Gasteiger partial charge on any atom is 0.247 e. The Bertz CT molecular complexity index is 655. The first kappa shape index (κ1) is 14.2. The van der Waals surface area contributed by atoms with E-state index >= 15 is 0 Å². The first-order valence-corrected chi connectivity index (χ1v) is 7.37. The van der Waals surface area contributed by atoms with E-state index < -0.39 is 5.54 Å². The summed E-state index contributed by atoms with van der Waals surface area (Å²) in [6.07, 6.45) is 3.94. The average Bonchev–Trinajstić information content (AvgIpc) is 2.92. The minimum absolute atomic E-state index is 0.271. The Hall–Kier alpha value is -1.75. The van der Waals surface area contributed by atoms with Crippen LogP contribution in [0, 0.1) is 18.7 Å². The van der Waals surface area contributed by atoms with Crippen LogP contribution in [0.15, 0.2) is 22.7 Å². The molecular weight excluding hydrogens is 269 g/mol. The van der Waals surface area contributed by atoms with Gasteiger partial charge in [0, 0.05) is 5.56 Å². The molecule has 1 heterocycles. The van der Waals surface area contributed by atoms with Crippen LogP contribution in [-0.4, -0.2) is 10.1 Å². The topological polar surface area (TPSA) is 64.9 Å². The van der Waals surface area contributed by atoms with Gasteiger partial charge in [0.15, 0.2) is 0 Å². The fraction of sp³-hybridized carbons (Fsp3) is 0.500. The monoisotopic (exact) mass is 289 g/mol. The molecule has 0 bridgehead atoms. The minimum atomic E-state index is -0.549. The van der Waals surface area contributed by atoms with Crippen LogP contribution >= 0.6 is 0 Å². The predicted molar refractivity (Wildman–Crippen MR) is 77.9 cm³/mol. The second-order valence-corrected chi connectivity index (χ2v) is 6.24. The molecule has 112 valence electrons. The van der Waals surface area contributed by atoms with Gasteiger partial charge < -0.3 is 10.3 Å². The summed E-state index contributed by atoms with van der Waals surface area (Å²) in [5.74, 6) is 1.14. The van der Waals surface area contributed by atoms with E-state index in [1.807, 2.05) is 0 Å². The van der Waals surface area contributed by atoms with E-state index in [0.717, 1.165) is 19.3 Å². The summed E-state index contributed by atoms with van der Waals surface area (Å²) in [5.41, 5.74) is 7.10. The standard InChI is InChI=1S/C16H20FN3O/c1-10-4-3-7-16(18,9-10)15-19-14(20-21-15)12-6-5-11(2)13(17)8-12/h5-6,8,10H,3-4,7,9,18H2,1-2H3. The van der Waals surface area contributed by atoms with Gasteiger partial charge in [0.05, 0.1) is 5.54 Å². The third-order valence-electron chi connectivity index (χ3n) is 4.31. The molecule has 1 aromatic carbocycles. The van der Waals surface area contributed by atoms with E-state index in [-0.39, 0.29) is 5.82 Å². The Balaban J connectivity index is 1.90. The fourth-order valence-electron chi connectivity index (χ4n) is 3.06. The number of nitrogens with zero attached hydrogens (tertiary/aromatic N) is 2. The second-order valence-electron chi connectivity index (χ2n) is 6.24. The van der Waals surface area contributed by atoms with Gasteiger partial charge in [0.25, 0.3) is 0 Å². The van der Waals surface area contributed by atoms with Crippen molar-refractivity contribution in [3.63, 3.8) is 0 Å². The van der Waals surface area contributed by atoms with Crippen LogP contribution < -0.4 is 5.73 Å². The summed E-state index contributed by atoms with van der Waals surface area (Å²) < 4.78 is 19.0. The summed E-state index contributed by atoms with van der Waals surface area (Å²) in [6.45, 7) is 3.91. The van der Waals surface area contributed by atoms with E-state index in [9.17, 15) is 4.39 Å². The first-order chi connectivity index (χ1) is 9.98. The number of nitrogens with two attached hydrogens (primary N) is 1. The summed E-state index contributed by atoms with van der Waals surface area (Å²) in [6, 6.07) is 4.93. The zero-order chi connectivity index (χ0) is 15.0. The van der Waals surface area contributed by atoms with Gasteiger partial charge in [-0.1, -0.05) is 37.1 Å². The van der Waals surface area contributed by atoms with Crippen molar-refractivity contribution >= 4 is 0 Å². The van der Waals surface area contributed by atoms with Crippen molar-refractivity contribution in [2.24, 2.45) is 11.7 Å². The number of aromatic nitrogens is 2. The highest BCUT2D eigenvalue weighted by molar-refractivity contribution is 5.55. The third-order valence-corrected chi connectivity index (χ3v) is 4.31.